The van der Waals surface area contributed by atoms with E-state index < -0.39 is 0 Å². The first-order valence-electron chi connectivity index (χ1n) is 7.51. The molecule has 0 aliphatic rings. The zero-order valence-corrected chi connectivity index (χ0v) is 16.4. The average Bonchev–Trinajstić information content (AvgIpc) is 3.10. The smallest absolute Gasteiger partial charge is 0.273 e. The third-order valence-corrected chi connectivity index (χ3v) is 5.27. The number of likely N-dealkylation sites (N-methyl/N-ethyl adjacent to an activating group) is 1. The molecule has 0 saturated heterocycles. The van der Waals surface area contributed by atoms with Gasteiger partial charge >= 0.3 is 0 Å². The first-order chi connectivity index (χ1) is 11.2. The van der Waals surface area contributed by atoms with E-state index in [1.807, 2.05) is 33.8 Å². The summed E-state index contributed by atoms with van der Waals surface area (Å²) < 4.78 is 0.683. The maximum Gasteiger partial charge on any atom is 0.273 e. The molecular weight excluding hydrogens is 366 g/mol. The van der Waals surface area contributed by atoms with Gasteiger partial charge in [-0.2, -0.15) is 0 Å². The summed E-state index contributed by atoms with van der Waals surface area (Å²) >= 11 is 8.75. The van der Waals surface area contributed by atoms with Crippen molar-refractivity contribution in [1.29, 1.82) is 0 Å². The van der Waals surface area contributed by atoms with E-state index in [0.29, 0.717) is 16.6 Å². The summed E-state index contributed by atoms with van der Waals surface area (Å²) in [5.74, 6) is -0.426. The number of nitrogens with one attached hydrogen (secondary N) is 1. The lowest BCUT2D eigenvalue weighted by molar-refractivity contribution is -0.123. The molecule has 5 nitrogen and oxygen atoms in total. The Morgan fingerprint density at radius 2 is 2.04 bits per heavy atom. The Morgan fingerprint density at radius 3 is 2.58 bits per heavy atom. The van der Waals surface area contributed by atoms with Crippen LogP contribution in [-0.2, 0) is 4.79 Å². The summed E-state index contributed by atoms with van der Waals surface area (Å²) in [6.07, 6.45) is 0. The van der Waals surface area contributed by atoms with Gasteiger partial charge in [-0.3, -0.25) is 9.59 Å². The number of amides is 2. The average molecular weight is 386 g/mol. The SMILES string of the molecule is CCN(CC(=O)NC(C)(C)C)C(=O)c1csc(-c2ccc(Cl)s2)n1. The fourth-order valence-electron chi connectivity index (χ4n) is 2.03. The highest BCUT2D eigenvalue weighted by atomic mass is 35.5. The monoisotopic (exact) mass is 385 g/mol. The van der Waals surface area contributed by atoms with Crippen LogP contribution in [-0.4, -0.2) is 40.3 Å². The number of aromatic nitrogens is 1. The van der Waals surface area contributed by atoms with Crippen molar-refractivity contribution in [3.8, 4) is 9.88 Å². The summed E-state index contributed by atoms with van der Waals surface area (Å²) in [4.78, 5) is 31.5. The molecule has 0 aliphatic carbocycles. The van der Waals surface area contributed by atoms with E-state index in [1.54, 1.807) is 11.4 Å². The molecule has 0 aromatic carbocycles. The van der Waals surface area contributed by atoms with Gasteiger partial charge < -0.3 is 10.2 Å². The Kier molecular flexibility index (Phi) is 6.01. The highest BCUT2D eigenvalue weighted by molar-refractivity contribution is 7.23. The van der Waals surface area contributed by atoms with E-state index in [-0.39, 0.29) is 23.9 Å². The lowest BCUT2D eigenvalue weighted by Gasteiger charge is -2.24. The highest BCUT2D eigenvalue weighted by Crippen LogP contribution is 2.33. The van der Waals surface area contributed by atoms with E-state index in [4.69, 9.17) is 11.6 Å². The molecule has 0 spiro atoms. The summed E-state index contributed by atoms with van der Waals surface area (Å²) in [6.45, 7) is 8.01. The topological polar surface area (TPSA) is 62.3 Å². The Morgan fingerprint density at radius 1 is 1.33 bits per heavy atom. The molecule has 0 unspecified atom stereocenters. The second kappa shape index (κ2) is 7.63. The van der Waals surface area contributed by atoms with Crippen LogP contribution in [0.25, 0.3) is 9.88 Å². The molecule has 2 rings (SSSR count). The molecule has 0 atom stereocenters. The van der Waals surface area contributed by atoms with Crippen LogP contribution in [0, 0.1) is 0 Å². The predicted molar refractivity (Wildman–Crippen MR) is 99.9 cm³/mol. The second-order valence-corrected chi connectivity index (χ2v) is 8.83. The van der Waals surface area contributed by atoms with Crippen molar-refractivity contribution in [3.05, 3.63) is 27.5 Å². The third-order valence-electron chi connectivity index (χ3n) is 3.03. The number of carbonyl (C=O) groups excluding carboxylic acids is 2. The van der Waals surface area contributed by atoms with Gasteiger partial charge in [0.15, 0.2) is 0 Å². The van der Waals surface area contributed by atoms with Crippen LogP contribution in [0.15, 0.2) is 17.5 Å². The van der Waals surface area contributed by atoms with Gasteiger partial charge in [0.25, 0.3) is 5.91 Å². The van der Waals surface area contributed by atoms with Gasteiger partial charge in [0, 0.05) is 17.5 Å². The number of carbonyl (C=O) groups is 2. The molecule has 0 radical (unpaired) electrons. The molecule has 2 aromatic heterocycles. The zero-order chi connectivity index (χ0) is 17.9. The zero-order valence-electron chi connectivity index (χ0n) is 14.1. The molecule has 1 N–H and O–H groups in total. The number of hydrogen-bond donors (Lipinski definition) is 1. The minimum atomic E-state index is -0.328. The van der Waals surface area contributed by atoms with Gasteiger partial charge in [-0.05, 0) is 39.8 Å². The molecule has 2 aromatic rings. The van der Waals surface area contributed by atoms with E-state index in [2.05, 4.69) is 10.3 Å². The van der Waals surface area contributed by atoms with Gasteiger partial charge in [0.2, 0.25) is 5.91 Å². The number of thiazole rings is 1. The van der Waals surface area contributed by atoms with Crippen molar-refractivity contribution in [1.82, 2.24) is 15.2 Å². The Balaban J connectivity index is 2.08. The number of thiophene rings is 1. The molecule has 0 fully saturated rings. The Hall–Kier alpha value is -1.44. The summed E-state index contributed by atoms with van der Waals surface area (Å²) in [5.41, 5.74) is 0.0242. The Bertz CT molecular complexity index is 734. The van der Waals surface area contributed by atoms with Crippen molar-refractivity contribution in [2.45, 2.75) is 33.2 Å². The van der Waals surface area contributed by atoms with Crippen molar-refractivity contribution in [2.75, 3.05) is 13.1 Å². The Labute approximate surface area is 154 Å². The third kappa shape index (κ3) is 5.03. The van der Waals surface area contributed by atoms with Gasteiger partial charge in [0.1, 0.15) is 10.7 Å². The fourth-order valence-corrected chi connectivity index (χ4v) is 3.94. The first-order valence-corrected chi connectivity index (χ1v) is 9.58. The molecule has 0 bridgehead atoms. The van der Waals surface area contributed by atoms with Crippen LogP contribution in [0.4, 0.5) is 0 Å². The van der Waals surface area contributed by atoms with E-state index in [1.165, 1.54) is 27.6 Å². The van der Waals surface area contributed by atoms with Crippen LogP contribution in [0.2, 0.25) is 4.34 Å². The van der Waals surface area contributed by atoms with Gasteiger partial charge in [-0.15, -0.1) is 22.7 Å². The first kappa shape index (κ1) is 18.9. The maximum atomic E-state index is 12.6. The van der Waals surface area contributed by atoms with Gasteiger partial charge in [0.05, 0.1) is 15.8 Å². The molecule has 2 heterocycles. The van der Waals surface area contributed by atoms with Gasteiger partial charge in [-0.25, -0.2) is 4.98 Å². The minimum Gasteiger partial charge on any atom is -0.350 e. The number of nitrogens with zero attached hydrogens (tertiary/aromatic N) is 2. The quantitative estimate of drug-likeness (QED) is 0.848. The molecule has 130 valence electrons. The lowest BCUT2D eigenvalue weighted by Crippen LogP contribution is -2.47. The van der Waals surface area contributed by atoms with E-state index in [0.717, 1.165) is 9.88 Å². The van der Waals surface area contributed by atoms with Crippen molar-refractivity contribution in [2.24, 2.45) is 0 Å². The summed E-state index contributed by atoms with van der Waals surface area (Å²) in [6, 6.07) is 3.69. The molecule has 8 heteroatoms. The van der Waals surface area contributed by atoms with E-state index >= 15 is 0 Å². The van der Waals surface area contributed by atoms with Gasteiger partial charge in [-0.1, -0.05) is 11.6 Å². The summed E-state index contributed by atoms with van der Waals surface area (Å²) in [7, 11) is 0. The summed E-state index contributed by atoms with van der Waals surface area (Å²) in [5, 5.41) is 5.33. The number of halogens is 1. The minimum absolute atomic E-state index is 0.0181. The molecule has 24 heavy (non-hydrogen) atoms. The van der Waals surface area contributed by atoms with Crippen LogP contribution < -0.4 is 5.32 Å². The standard InChI is InChI=1S/C16H20ClN3O2S2/c1-5-20(8-13(21)19-16(2,3)4)15(22)10-9-23-14(18-10)11-6-7-12(17)24-11/h6-7,9H,5,8H2,1-4H3,(H,19,21). The largest absolute Gasteiger partial charge is 0.350 e. The van der Waals surface area contributed by atoms with Crippen LogP contribution >= 0.6 is 34.3 Å². The van der Waals surface area contributed by atoms with Crippen molar-refractivity contribution >= 4 is 46.1 Å². The number of hydrogen-bond acceptors (Lipinski definition) is 5. The molecular formula is C16H20ClN3O2S2. The molecule has 0 aliphatic heterocycles. The molecule has 0 saturated carbocycles. The highest BCUT2D eigenvalue weighted by Gasteiger charge is 2.22. The van der Waals surface area contributed by atoms with Crippen LogP contribution in [0.3, 0.4) is 0 Å². The van der Waals surface area contributed by atoms with Crippen LogP contribution in [0.5, 0.6) is 0 Å². The van der Waals surface area contributed by atoms with Crippen molar-refractivity contribution in [3.63, 3.8) is 0 Å². The normalized spacial score (nSPS) is 11.4. The maximum absolute atomic E-state index is 12.6. The lowest BCUT2D eigenvalue weighted by atomic mass is 10.1. The van der Waals surface area contributed by atoms with Crippen LogP contribution in [0.1, 0.15) is 38.2 Å². The molecule has 2 amide bonds. The van der Waals surface area contributed by atoms with E-state index in [9.17, 15) is 9.59 Å². The predicted octanol–water partition coefficient (Wildman–Crippen LogP) is 3.90. The second-order valence-electron chi connectivity index (χ2n) is 6.26. The number of rotatable bonds is 5. The van der Waals surface area contributed by atoms with Crippen molar-refractivity contribution < 1.29 is 9.59 Å². The fraction of sp³-hybridized carbons (Fsp3) is 0.438.